The van der Waals surface area contributed by atoms with Gasteiger partial charge in [0.05, 0.1) is 30.2 Å². The Bertz CT molecular complexity index is 1410. The number of aryl methyl sites for hydroxylation is 1. The lowest BCUT2D eigenvalue weighted by Crippen LogP contribution is -2.59. The number of carboxylic acid groups (broad SMARTS) is 1. The first-order valence-corrected chi connectivity index (χ1v) is 13.7. The normalized spacial score (nSPS) is 22.4. The highest BCUT2D eigenvalue weighted by Gasteiger charge is 2.56. The maximum atomic E-state index is 14.2. The van der Waals surface area contributed by atoms with E-state index in [1.54, 1.807) is 29.2 Å². The summed E-state index contributed by atoms with van der Waals surface area (Å²) in [4.78, 5) is 42.7. The summed E-state index contributed by atoms with van der Waals surface area (Å²) in [6.45, 7) is 1.56. The van der Waals surface area contributed by atoms with Gasteiger partial charge in [-0.2, -0.15) is 10.2 Å². The molecule has 2 amide bonds. The molecule has 4 heterocycles. The van der Waals surface area contributed by atoms with Gasteiger partial charge in [-0.25, -0.2) is 18.3 Å². The van der Waals surface area contributed by atoms with Crippen LogP contribution < -0.4 is 10.6 Å². The van der Waals surface area contributed by atoms with Crippen LogP contribution >= 0.6 is 0 Å². The van der Waals surface area contributed by atoms with E-state index >= 15 is 0 Å². The van der Waals surface area contributed by atoms with E-state index in [4.69, 9.17) is 4.98 Å². The van der Waals surface area contributed by atoms with Crippen molar-refractivity contribution < 1.29 is 28.3 Å². The van der Waals surface area contributed by atoms with Gasteiger partial charge in [-0.05, 0) is 43.9 Å². The van der Waals surface area contributed by atoms with Crippen molar-refractivity contribution in [2.45, 2.75) is 76.8 Å². The van der Waals surface area contributed by atoms with Crippen molar-refractivity contribution in [2.24, 2.45) is 11.3 Å². The molecule has 0 bridgehead atoms. The third-order valence-corrected chi connectivity index (χ3v) is 8.01. The quantitative estimate of drug-likeness (QED) is 0.285. The predicted molar refractivity (Wildman–Crippen MR) is 139 cm³/mol. The number of fused-ring (bicyclic) bond motifs is 1. The summed E-state index contributed by atoms with van der Waals surface area (Å²) >= 11 is 0. The van der Waals surface area contributed by atoms with E-state index < -0.39 is 48.6 Å². The highest BCUT2D eigenvalue weighted by molar-refractivity contribution is 6.03. The van der Waals surface area contributed by atoms with Crippen molar-refractivity contribution in [1.82, 2.24) is 35.0 Å². The molecule has 3 aromatic heterocycles. The van der Waals surface area contributed by atoms with Gasteiger partial charge in [-0.1, -0.05) is 25.7 Å². The number of amides is 2. The van der Waals surface area contributed by atoms with Crippen molar-refractivity contribution in [1.29, 1.82) is 0 Å². The average molecular weight is 558 g/mol. The van der Waals surface area contributed by atoms with E-state index in [9.17, 15) is 28.3 Å². The van der Waals surface area contributed by atoms with E-state index in [0.717, 1.165) is 38.5 Å². The van der Waals surface area contributed by atoms with E-state index in [0.29, 0.717) is 23.6 Å². The number of hydrogen-bond acceptors (Lipinski definition) is 6. The van der Waals surface area contributed by atoms with Crippen LogP contribution in [0.2, 0.25) is 0 Å². The minimum absolute atomic E-state index is 0.150. The summed E-state index contributed by atoms with van der Waals surface area (Å²) in [5, 5.41) is 23.7. The van der Waals surface area contributed by atoms with Gasteiger partial charge in [0.15, 0.2) is 11.1 Å². The third-order valence-electron chi connectivity index (χ3n) is 8.01. The van der Waals surface area contributed by atoms with E-state index in [1.165, 1.54) is 10.6 Å². The lowest BCUT2D eigenvalue weighted by molar-refractivity contribution is -0.169. The molecule has 11 nitrogen and oxygen atoms in total. The van der Waals surface area contributed by atoms with Crippen LogP contribution in [0.5, 0.6) is 0 Å². The first-order chi connectivity index (χ1) is 19.1. The number of piperidine rings is 1. The van der Waals surface area contributed by atoms with Gasteiger partial charge in [-0.3, -0.25) is 19.1 Å². The van der Waals surface area contributed by atoms with Gasteiger partial charge in [0.25, 0.3) is 11.8 Å². The smallest absolute Gasteiger partial charge is 0.319 e. The zero-order valence-corrected chi connectivity index (χ0v) is 22.3. The number of rotatable bonds is 8. The second-order valence-corrected chi connectivity index (χ2v) is 10.8. The monoisotopic (exact) mass is 557 g/mol. The van der Waals surface area contributed by atoms with Gasteiger partial charge < -0.3 is 15.7 Å². The number of carboxylic acids is 1. The molecule has 3 aromatic rings. The standard InChI is InChI=1S/C27H33F2N7O4/c1-2-35-20(11-12-31-35)23(37)33-22(17-7-5-3-4-6-8-17)19-14-36-21(32-19)10-9-18(34-36)13-26(25(39)40)15-27(28,29)16-30-24(26)38/h9-12,14,17,22H,2-8,13,15-16H2,1H3,(H,30,38)(H,33,37)(H,39,40). The van der Waals surface area contributed by atoms with E-state index in [2.05, 4.69) is 15.5 Å². The number of carbonyl (C=O) groups is 3. The number of alkyl halides is 2. The highest BCUT2D eigenvalue weighted by atomic mass is 19.3. The zero-order chi connectivity index (χ0) is 28.5. The van der Waals surface area contributed by atoms with Crippen molar-refractivity contribution in [3.63, 3.8) is 0 Å². The maximum Gasteiger partial charge on any atom is 0.319 e. The third kappa shape index (κ3) is 5.41. The van der Waals surface area contributed by atoms with Crippen LogP contribution in [0.4, 0.5) is 8.78 Å². The molecule has 40 heavy (non-hydrogen) atoms. The van der Waals surface area contributed by atoms with Crippen molar-refractivity contribution in [3.8, 4) is 0 Å². The fourth-order valence-corrected chi connectivity index (χ4v) is 5.92. The van der Waals surface area contributed by atoms with Crippen LogP contribution in [-0.4, -0.2) is 59.7 Å². The maximum absolute atomic E-state index is 14.2. The predicted octanol–water partition coefficient (Wildman–Crippen LogP) is 3.16. The molecule has 0 spiro atoms. The Hall–Kier alpha value is -3.90. The zero-order valence-electron chi connectivity index (χ0n) is 22.3. The Morgan fingerprint density at radius 2 is 1.95 bits per heavy atom. The summed E-state index contributed by atoms with van der Waals surface area (Å²) in [7, 11) is 0. The fourth-order valence-electron chi connectivity index (χ4n) is 5.92. The summed E-state index contributed by atoms with van der Waals surface area (Å²) in [5.74, 6) is -6.04. The molecule has 2 aliphatic rings. The van der Waals surface area contributed by atoms with Gasteiger partial charge in [-0.15, -0.1) is 0 Å². The van der Waals surface area contributed by atoms with E-state index in [1.807, 2.05) is 12.2 Å². The van der Waals surface area contributed by atoms with Gasteiger partial charge in [0.2, 0.25) is 5.91 Å². The molecule has 1 aliphatic carbocycles. The number of carbonyl (C=O) groups excluding carboxylic acids is 2. The van der Waals surface area contributed by atoms with Gasteiger partial charge in [0, 0.05) is 25.6 Å². The molecule has 1 aliphatic heterocycles. The van der Waals surface area contributed by atoms with Crippen LogP contribution in [0.1, 0.15) is 79.8 Å². The minimum Gasteiger partial charge on any atom is -0.480 e. The second-order valence-electron chi connectivity index (χ2n) is 10.8. The number of imidazole rings is 1. The Labute approximate surface area is 229 Å². The van der Waals surface area contributed by atoms with Crippen LogP contribution in [0, 0.1) is 11.3 Å². The second kappa shape index (κ2) is 10.9. The number of aliphatic carboxylic acids is 1. The minimum atomic E-state index is -3.35. The summed E-state index contributed by atoms with van der Waals surface area (Å²) < 4.78 is 31.4. The van der Waals surface area contributed by atoms with Gasteiger partial charge >= 0.3 is 5.97 Å². The molecule has 2 unspecified atom stereocenters. The Morgan fingerprint density at radius 1 is 1.20 bits per heavy atom. The van der Waals surface area contributed by atoms with Gasteiger partial charge in [0.1, 0.15) is 5.69 Å². The molecule has 1 saturated carbocycles. The molecule has 2 atom stereocenters. The molecule has 1 saturated heterocycles. The number of hydrogen-bond donors (Lipinski definition) is 3. The van der Waals surface area contributed by atoms with Crippen molar-refractivity contribution >= 4 is 23.4 Å². The Morgan fingerprint density at radius 3 is 2.65 bits per heavy atom. The first-order valence-electron chi connectivity index (χ1n) is 13.7. The van der Waals surface area contributed by atoms with Crippen molar-refractivity contribution in [2.75, 3.05) is 6.54 Å². The Kier molecular flexibility index (Phi) is 7.56. The molecule has 5 rings (SSSR count). The SMILES string of the molecule is CCn1nccc1C(=O)NC(c1cn2nc(CC3(C(=O)O)CC(F)(F)CNC3=O)ccc2n1)C1CCCCCC1. The summed E-state index contributed by atoms with van der Waals surface area (Å²) in [6, 6.07) is 4.38. The number of aromatic nitrogens is 5. The molecule has 0 aromatic carbocycles. The fraction of sp³-hybridized carbons (Fsp3) is 0.556. The molecule has 0 radical (unpaired) electrons. The van der Waals surface area contributed by atoms with Crippen LogP contribution in [-0.2, 0) is 22.6 Å². The number of nitrogens with one attached hydrogen (secondary N) is 2. The molecule has 13 heteroatoms. The summed E-state index contributed by atoms with van der Waals surface area (Å²) in [5.41, 5.74) is -0.680. The largest absolute Gasteiger partial charge is 0.480 e. The Balaban J connectivity index is 1.46. The first kappa shape index (κ1) is 27.7. The molecular weight excluding hydrogens is 524 g/mol. The van der Waals surface area contributed by atoms with Crippen LogP contribution in [0.15, 0.2) is 30.6 Å². The number of nitrogens with zero attached hydrogens (tertiary/aromatic N) is 5. The highest BCUT2D eigenvalue weighted by Crippen LogP contribution is 2.39. The lowest BCUT2D eigenvalue weighted by Gasteiger charge is -2.36. The molecule has 2 fully saturated rings. The van der Waals surface area contributed by atoms with Crippen molar-refractivity contribution in [3.05, 3.63) is 47.7 Å². The number of halogens is 2. The molecule has 3 N–H and O–H groups in total. The lowest BCUT2D eigenvalue weighted by atomic mass is 9.74. The topological polar surface area (TPSA) is 144 Å². The van der Waals surface area contributed by atoms with Crippen LogP contribution in [0.3, 0.4) is 0 Å². The van der Waals surface area contributed by atoms with E-state index in [-0.39, 0.29) is 17.5 Å². The average Bonchev–Trinajstić information content (AvgIpc) is 3.48. The molecule has 214 valence electrons. The van der Waals surface area contributed by atoms with Crippen LogP contribution in [0.25, 0.3) is 5.65 Å². The molecular formula is C27H33F2N7O4. The summed E-state index contributed by atoms with van der Waals surface area (Å²) in [6.07, 6.45) is 7.85.